The van der Waals surface area contributed by atoms with Crippen molar-refractivity contribution in [1.29, 1.82) is 0 Å². The van der Waals surface area contributed by atoms with E-state index in [1.165, 1.54) is 11.2 Å². The third-order valence-electron chi connectivity index (χ3n) is 6.50. The van der Waals surface area contributed by atoms with E-state index >= 15 is 0 Å². The summed E-state index contributed by atoms with van der Waals surface area (Å²) in [5.74, 6) is -1.62. The Morgan fingerprint density at radius 1 is 1.12 bits per heavy atom. The zero-order valence-electron chi connectivity index (χ0n) is 18.3. The lowest BCUT2D eigenvalue weighted by Crippen LogP contribution is -2.61. The minimum atomic E-state index is -1.05. The molecule has 2 aliphatic rings. The number of aromatic nitrogens is 2. The fourth-order valence-corrected chi connectivity index (χ4v) is 4.71. The average Bonchev–Trinajstić information content (AvgIpc) is 3.42. The number of H-pyrrole nitrogens is 1. The quantitative estimate of drug-likeness (QED) is 0.498. The number of nitrogens with zero attached hydrogens (tertiary/aromatic N) is 2. The Morgan fingerprint density at radius 3 is 2.35 bits per heavy atom. The first-order chi connectivity index (χ1) is 16.5. The maximum absolute atomic E-state index is 13.0. The number of rotatable bonds is 7. The number of aliphatic carboxylic acids is 1. The van der Waals surface area contributed by atoms with Gasteiger partial charge in [-0.2, -0.15) is 0 Å². The van der Waals surface area contributed by atoms with E-state index in [1.807, 2.05) is 36.4 Å². The summed E-state index contributed by atoms with van der Waals surface area (Å²) in [7, 11) is 0. The largest absolute Gasteiger partial charge is 0.480 e. The van der Waals surface area contributed by atoms with Gasteiger partial charge in [0.25, 0.3) is 0 Å². The molecule has 34 heavy (non-hydrogen) atoms. The van der Waals surface area contributed by atoms with Crippen molar-refractivity contribution >= 4 is 18.0 Å². The van der Waals surface area contributed by atoms with Gasteiger partial charge in [-0.3, -0.25) is 4.79 Å². The Hall–Kier alpha value is -4.14. The summed E-state index contributed by atoms with van der Waals surface area (Å²) in [6.45, 7) is 0.452. The van der Waals surface area contributed by atoms with Crippen molar-refractivity contribution < 1.29 is 24.2 Å². The van der Waals surface area contributed by atoms with Gasteiger partial charge in [-0.25, -0.2) is 14.6 Å². The molecule has 2 amide bonds. The predicted octanol–water partition coefficient (Wildman–Crippen LogP) is 2.55. The van der Waals surface area contributed by atoms with Crippen LogP contribution in [0.3, 0.4) is 0 Å². The molecule has 2 heterocycles. The van der Waals surface area contributed by atoms with Crippen LogP contribution in [0.25, 0.3) is 11.1 Å². The first-order valence-electron chi connectivity index (χ1n) is 11.1. The number of carboxylic acids is 1. The lowest BCUT2D eigenvalue weighted by Gasteiger charge is -2.40. The van der Waals surface area contributed by atoms with Crippen molar-refractivity contribution in [3.05, 3.63) is 77.9 Å². The van der Waals surface area contributed by atoms with Gasteiger partial charge in [0.15, 0.2) is 0 Å². The molecule has 1 fully saturated rings. The number of likely N-dealkylation sites (tertiary alicyclic amines) is 1. The SMILES string of the molecule is O=C(N[C@H](Cc1cnc[nH]1)C(=O)N1CCC1C(=O)O)OCC1c2ccccc2-c2ccccc21. The molecular formula is C25H24N4O5. The minimum Gasteiger partial charge on any atom is -0.480 e. The molecule has 3 N–H and O–H groups in total. The number of nitrogens with one attached hydrogen (secondary N) is 2. The van der Waals surface area contributed by atoms with E-state index in [0.29, 0.717) is 18.7 Å². The van der Waals surface area contributed by atoms with Crippen molar-refractivity contribution in [2.45, 2.75) is 30.8 Å². The van der Waals surface area contributed by atoms with Crippen LogP contribution in [0.1, 0.15) is 29.2 Å². The number of ether oxygens (including phenoxy) is 1. The van der Waals surface area contributed by atoms with E-state index in [0.717, 1.165) is 22.3 Å². The van der Waals surface area contributed by atoms with Gasteiger partial charge in [-0.15, -0.1) is 0 Å². The van der Waals surface area contributed by atoms with Gasteiger partial charge < -0.3 is 25.0 Å². The molecule has 1 aromatic heterocycles. The number of carbonyl (C=O) groups is 3. The fraction of sp³-hybridized carbons (Fsp3) is 0.280. The Bertz CT molecular complexity index is 1180. The number of carbonyl (C=O) groups excluding carboxylic acids is 2. The maximum Gasteiger partial charge on any atom is 0.407 e. The molecule has 9 nitrogen and oxygen atoms in total. The van der Waals surface area contributed by atoms with E-state index in [1.54, 1.807) is 6.20 Å². The number of aromatic amines is 1. The van der Waals surface area contributed by atoms with Crippen LogP contribution in [0, 0.1) is 0 Å². The van der Waals surface area contributed by atoms with E-state index in [2.05, 4.69) is 27.4 Å². The van der Waals surface area contributed by atoms with Gasteiger partial charge in [-0.05, 0) is 28.7 Å². The molecule has 1 unspecified atom stereocenters. The number of amides is 2. The molecule has 0 bridgehead atoms. The summed E-state index contributed by atoms with van der Waals surface area (Å²) >= 11 is 0. The van der Waals surface area contributed by atoms with Crippen molar-refractivity contribution in [2.75, 3.05) is 13.2 Å². The Labute approximate surface area is 195 Å². The van der Waals surface area contributed by atoms with Crippen LogP contribution in [0.15, 0.2) is 61.1 Å². The average molecular weight is 460 g/mol. The highest BCUT2D eigenvalue weighted by Crippen LogP contribution is 2.44. The molecule has 2 aromatic carbocycles. The lowest BCUT2D eigenvalue weighted by atomic mass is 9.98. The highest BCUT2D eigenvalue weighted by Gasteiger charge is 2.41. The highest BCUT2D eigenvalue weighted by molar-refractivity contribution is 5.90. The van der Waals surface area contributed by atoms with E-state index < -0.39 is 30.1 Å². The van der Waals surface area contributed by atoms with Crippen molar-refractivity contribution in [1.82, 2.24) is 20.2 Å². The summed E-state index contributed by atoms with van der Waals surface area (Å²) in [6, 6.07) is 14.2. The van der Waals surface area contributed by atoms with Crippen LogP contribution in [0.4, 0.5) is 4.79 Å². The fourth-order valence-electron chi connectivity index (χ4n) is 4.71. The highest BCUT2D eigenvalue weighted by atomic mass is 16.5. The molecule has 0 spiro atoms. The molecule has 5 rings (SSSR count). The monoisotopic (exact) mass is 460 g/mol. The van der Waals surface area contributed by atoms with Gasteiger partial charge in [0, 0.05) is 30.8 Å². The Morgan fingerprint density at radius 2 is 1.79 bits per heavy atom. The first kappa shape index (κ1) is 21.7. The van der Waals surface area contributed by atoms with E-state index in [9.17, 15) is 19.5 Å². The molecule has 0 radical (unpaired) electrons. The van der Waals surface area contributed by atoms with Crippen molar-refractivity contribution in [3.63, 3.8) is 0 Å². The molecule has 3 aromatic rings. The Balaban J connectivity index is 1.29. The number of fused-ring (bicyclic) bond motifs is 3. The molecule has 9 heteroatoms. The zero-order chi connectivity index (χ0) is 23.7. The third-order valence-corrected chi connectivity index (χ3v) is 6.50. The topological polar surface area (TPSA) is 125 Å². The minimum absolute atomic E-state index is 0.105. The van der Waals surface area contributed by atoms with Crippen LogP contribution in [0.2, 0.25) is 0 Å². The van der Waals surface area contributed by atoms with Gasteiger partial charge in [0.1, 0.15) is 18.7 Å². The van der Waals surface area contributed by atoms with Crippen LogP contribution in [-0.4, -0.2) is 63.2 Å². The lowest BCUT2D eigenvalue weighted by molar-refractivity contribution is -0.158. The van der Waals surface area contributed by atoms with Gasteiger partial charge in [-0.1, -0.05) is 48.5 Å². The normalized spacial score (nSPS) is 17.3. The molecule has 174 valence electrons. The first-order valence-corrected chi connectivity index (χ1v) is 11.1. The van der Waals surface area contributed by atoms with Gasteiger partial charge in [0.05, 0.1) is 6.33 Å². The van der Waals surface area contributed by atoms with E-state index in [4.69, 9.17) is 4.74 Å². The van der Waals surface area contributed by atoms with Crippen LogP contribution in [-0.2, 0) is 20.7 Å². The summed E-state index contributed by atoms with van der Waals surface area (Å²) in [6.07, 6.45) is 2.85. The number of benzene rings is 2. The molecule has 2 atom stereocenters. The van der Waals surface area contributed by atoms with Crippen LogP contribution < -0.4 is 5.32 Å². The van der Waals surface area contributed by atoms with Crippen molar-refractivity contribution in [3.8, 4) is 11.1 Å². The van der Waals surface area contributed by atoms with Crippen LogP contribution in [0.5, 0.6) is 0 Å². The maximum atomic E-state index is 13.0. The summed E-state index contributed by atoms with van der Waals surface area (Å²) in [5, 5.41) is 12.0. The second kappa shape index (κ2) is 9.01. The molecule has 1 aliphatic carbocycles. The predicted molar refractivity (Wildman–Crippen MR) is 122 cm³/mol. The second-order valence-corrected chi connectivity index (χ2v) is 8.48. The number of hydrogen-bond donors (Lipinski definition) is 3. The smallest absolute Gasteiger partial charge is 0.407 e. The summed E-state index contributed by atoms with van der Waals surface area (Å²) < 4.78 is 5.58. The van der Waals surface area contributed by atoms with Gasteiger partial charge >= 0.3 is 12.1 Å². The number of imidazole rings is 1. The van der Waals surface area contributed by atoms with Crippen LogP contribution >= 0.6 is 0 Å². The number of hydrogen-bond acceptors (Lipinski definition) is 5. The van der Waals surface area contributed by atoms with E-state index in [-0.39, 0.29) is 18.9 Å². The van der Waals surface area contributed by atoms with Gasteiger partial charge in [0.2, 0.25) is 5.91 Å². The second-order valence-electron chi connectivity index (χ2n) is 8.48. The Kier molecular flexibility index (Phi) is 5.75. The molecule has 0 saturated carbocycles. The standard InChI is InChI=1S/C25H24N4O5/c30-23(29-10-9-22(29)24(31)32)21(11-15-12-26-14-27-15)28-25(33)34-13-20-18-7-3-1-5-16(18)17-6-2-4-8-19(17)20/h1-8,12,14,20-22H,9-11,13H2,(H,26,27)(H,28,33)(H,31,32)/t21-,22?/m1/s1. The van der Waals surface area contributed by atoms with Crippen molar-refractivity contribution in [2.24, 2.45) is 0 Å². The zero-order valence-corrected chi connectivity index (χ0v) is 18.3. The third kappa shape index (κ3) is 4.00. The summed E-state index contributed by atoms with van der Waals surface area (Å²) in [5.41, 5.74) is 5.07. The summed E-state index contributed by atoms with van der Waals surface area (Å²) in [4.78, 5) is 45.3. The number of alkyl carbamates (subject to hydrolysis) is 1. The molecule has 1 aliphatic heterocycles. The molecule has 1 saturated heterocycles. The molecular weight excluding hydrogens is 436 g/mol. The number of carboxylic acid groups (broad SMARTS) is 1.